The number of nitrogens with two attached hydrogens (primary N) is 1. The second-order valence-corrected chi connectivity index (χ2v) is 6.17. The van der Waals surface area contributed by atoms with Gasteiger partial charge in [-0.05, 0) is 38.7 Å². The molecule has 0 saturated heterocycles. The van der Waals surface area contributed by atoms with E-state index in [1.54, 1.807) is 19.1 Å². The van der Waals surface area contributed by atoms with Gasteiger partial charge >= 0.3 is 0 Å². The summed E-state index contributed by atoms with van der Waals surface area (Å²) in [6.45, 7) is 3.19. The third-order valence-corrected chi connectivity index (χ3v) is 3.81. The Hall–Kier alpha value is -0.620. The Balaban J connectivity index is 3.01. The van der Waals surface area contributed by atoms with Gasteiger partial charge < -0.3 is 10.6 Å². The normalized spacial score (nSPS) is 14.4. The molecule has 0 fully saturated rings. The maximum Gasteiger partial charge on any atom is 0.242 e. The largest absolute Gasteiger partial charge is 0.368 e. The Kier molecular flexibility index (Phi) is 5.80. The van der Waals surface area contributed by atoms with Crippen molar-refractivity contribution in [3.63, 3.8) is 0 Å². The van der Waals surface area contributed by atoms with Gasteiger partial charge in [0.25, 0.3) is 0 Å². The van der Waals surface area contributed by atoms with Crippen LogP contribution < -0.4 is 11.1 Å². The number of carbonyl (C=O) groups excluding carboxylic acids is 1. The maximum atomic E-state index is 11.8. The molecule has 1 aromatic rings. The summed E-state index contributed by atoms with van der Waals surface area (Å²) in [5, 5.41) is 3.69. The van der Waals surface area contributed by atoms with E-state index in [0.717, 1.165) is 11.0 Å². The molecule has 19 heavy (non-hydrogen) atoms. The number of likely N-dealkylation sites (N-methyl/N-ethyl adjacent to an activating group) is 1. The van der Waals surface area contributed by atoms with E-state index < -0.39 is 11.4 Å². The number of halogens is 2. The quantitative estimate of drug-likeness (QED) is 0.826. The molecule has 0 aliphatic heterocycles. The highest BCUT2D eigenvalue weighted by Gasteiger charge is 2.34. The van der Waals surface area contributed by atoms with Crippen LogP contribution in [0.3, 0.4) is 0 Å². The number of nitrogens with one attached hydrogen (secondary N) is 1. The summed E-state index contributed by atoms with van der Waals surface area (Å²) in [4.78, 5) is 13.8. The summed E-state index contributed by atoms with van der Waals surface area (Å²) in [5.41, 5.74) is 5.25. The predicted molar refractivity (Wildman–Crippen MR) is 82.3 cm³/mol. The Morgan fingerprint density at radius 3 is 2.63 bits per heavy atom. The molecule has 6 heteroatoms. The van der Waals surface area contributed by atoms with Crippen molar-refractivity contribution in [2.45, 2.75) is 12.5 Å². The Bertz CT molecular complexity index is 467. The minimum Gasteiger partial charge on any atom is -0.368 e. The third kappa shape index (κ3) is 4.18. The highest BCUT2D eigenvalue weighted by molar-refractivity contribution is 9.10. The molecule has 4 nitrogen and oxygen atoms in total. The number of nitrogens with zero attached hydrogens (tertiary/aromatic N) is 1. The number of hydrogen-bond acceptors (Lipinski definition) is 3. The van der Waals surface area contributed by atoms with Crippen LogP contribution in [0.1, 0.15) is 12.5 Å². The predicted octanol–water partition coefficient (Wildman–Crippen LogP) is 1.95. The lowest BCUT2D eigenvalue weighted by atomic mass is 9.91. The number of benzene rings is 1. The van der Waals surface area contributed by atoms with Crippen molar-refractivity contribution in [1.29, 1.82) is 0 Å². The molecule has 0 bridgehead atoms. The lowest BCUT2D eigenvalue weighted by molar-refractivity contribution is -0.124. The van der Waals surface area contributed by atoms with Gasteiger partial charge in [0.1, 0.15) is 5.54 Å². The van der Waals surface area contributed by atoms with Crippen LogP contribution in [-0.4, -0.2) is 38.0 Å². The first-order chi connectivity index (χ1) is 8.77. The van der Waals surface area contributed by atoms with Crippen LogP contribution in [-0.2, 0) is 10.3 Å². The van der Waals surface area contributed by atoms with E-state index in [-0.39, 0.29) is 0 Å². The first-order valence-electron chi connectivity index (χ1n) is 5.92. The molecule has 1 amide bonds. The minimum atomic E-state index is -0.978. The smallest absolute Gasteiger partial charge is 0.242 e. The van der Waals surface area contributed by atoms with E-state index in [2.05, 4.69) is 21.2 Å². The number of carbonyl (C=O) groups is 1. The van der Waals surface area contributed by atoms with Gasteiger partial charge in [-0.25, -0.2) is 0 Å². The lowest BCUT2D eigenvalue weighted by Gasteiger charge is -2.29. The topological polar surface area (TPSA) is 58.4 Å². The zero-order chi connectivity index (χ0) is 14.6. The molecule has 1 rings (SSSR count). The summed E-state index contributed by atoms with van der Waals surface area (Å²) >= 11 is 9.56. The number of primary amides is 1. The van der Waals surface area contributed by atoms with Crippen LogP contribution in [0.15, 0.2) is 22.7 Å². The molecule has 0 saturated carbocycles. The van der Waals surface area contributed by atoms with Crippen molar-refractivity contribution in [3.05, 3.63) is 33.3 Å². The van der Waals surface area contributed by atoms with E-state index in [1.807, 2.05) is 25.1 Å². The lowest BCUT2D eigenvalue weighted by Crippen LogP contribution is -2.52. The first kappa shape index (κ1) is 16.4. The fourth-order valence-electron chi connectivity index (χ4n) is 1.74. The van der Waals surface area contributed by atoms with E-state index in [0.29, 0.717) is 17.1 Å². The van der Waals surface area contributed by atoms with Gasteiger partial charge in [0.15, 0.2) is 0 Å². The summed E-state index contributed by atoms with van der Waals surface area (Å²) in [7, 11) is 3.94. The SMILES string of the molecule is CN(C)CCNC(C)(C(N)=O)c1ccc(Br)cc1Cl. The minimum absolute atomic E-state index is 0.449. The van der Waals surface area contributed by atoms with Crippen LogP contribution in [0.4, 0.5) is 0 Å². The molecule has 106 valence electrons. The third-order valence-electron chi connectivity index (χ3n) is 3.00. The van der Waals surface area contributed by atoms with Gasteiger partial charge in [-0.1, -0.05) is 33.6 Å². The van der Waals surface area contributed by atoms with Crippen LogP contribution in [0.5, 0.6) is 0 Å². The molecule has 0 aliphatic carbocycles. The second kappa shape index (κ2) is 6.70. The maximum absolute atomic E-state index is 11.8. The zero-order valence-corrected chi connectivity index (χ0v) is 13.7. The Morgan fingerprint density at radius 2 is 2.16 bits per heavy atom. The molecule has 0 heterocycles. The second-order valence-electron chi connectivity index (χ2n) is 4.84. The molecular formula is C13H19BrClN3O. The van der Waals surface area contributed by atoms with Crippen molar-refractivity contribution >= 4 is 33.4 Å². The molecule has 1 unspecified atom stereocenters. The zero-order valence-electron chi connectivity index (χ0n) is 11.3. The highest BCUT2D eigenvalue weighted by atomic mass is 79.9. The summed E-state index contributed by atoms with van der Waals surface area (Å²) in [5.74, 6) is -0.449. The van der Waals surface area contributed by atoms with Crippen LogP contribution in [0.25, 0.3) is 0 Å². The molecule has 3 N–H and O–H groups in total. The van der Waals surface area contributed by atoms with Gasteiger partial charge in [0.05, 0.1) is 0 Å². The molecule has 1 atom stereocenters. The molecule has 0 radical (unpaired) electrons. The molecule has 0 aromatic heterocycles. The van der Waals surface area contributed by atoms with Gasteiger partial charge in [0.2, 0.25) is 5.91 Å². The average molecular weight is 349 g/mol. The van der Waals surface area contributed by atoms with E-state index >= 15 is 0 Å². The van der Waals surface area contributed by atoms with Gasteiger partial charge in [-0.3, -0.25) is 10.1 Å². The standard InChI is InChI=1S/C13H19BrClN3O/c1-13(12(16)19,17-6-7-18(2)3)10-5-4-9(14)8-11(10)15/h4-5,8,17H,6-7H2,1-3H3,(H2,16,19). The van der Waals surface area contributed by atoms with Crippen molar-refractivity contribution in [3.8, 4) is 0 Å². The van der Waals surface area contributed by atoms with Crippen molar-refractivity contribution in [2.75, 3.05) is 27.2 Å². The van der Waals surface area contributed by atoms with E-state index in [9.17, 15) is 4.79 Å². The molecule has 1 aromatic carbocycles. The van der Waals surface area contributed by atoms with Crippen molar-refractivity contribution < 1.29 is 4.79 Å². The summed E-state index contributed by atoms with van der Waals surface area (Å²) < 4.78 is 0.862. The molecule has 0 spiro atoms. The van der Waals surface area contributed by atoms with Crippen LogP contribution in [0.2, 0.25) is 5.02 Å². The molecule has 0 aliphatic rings. The molecular weight excluding hydrogens is 330 g/mol. The van der Waals surface area contributed by atoms with Gasteiger partial charge in [-0.2, -0.15) is 0 Å². The fourth-order valence-corrected chi connectivity index (χ4v) is 2.60. The Morgan fingerprint density at radius 1 is 1.53 bits per heavy atom. The van der Waals surface area contributed by atoms with E-state index in [4.69, 9.17) is 17.3 Å². The summed E-state index contributed by atoms with van der Waals surface area (Å²) in [6, 6.07) is 5.40. The fraction of sp³-hybridized carbons (Fsp3) is 0.462. The monoisotopic (exact) mass is 347 g/mol. The van der Waals surface area contributed by atoms with Crippen molar-refractivity contribution in [2.24, 2.45) is 5.73 Å². The van der Waals surface area contributed by atoms with Gasteiger partial charge in [-0.15, -0.1) is 0 Å². The van der Waals surface area contributed by atoms with E-state index in [1.165, 1.54) is 0 Å². The Labute approximate surface area is 127 Å². The average Bonchev–Trinajstić information content (AvgIpc) is 2.27. The van der Waals surface area contributed by atoms with Crippen LogP contribution in [0, 0.1) is 0 Å². The first-order valence-corrected chi connectivity index (χ1v) is 7.09. The van der Waals surface area contributed by atoms with Crippen LogP contribution >= 0.6 is 27.5 Å². The number of rotatable bonds is 6. The number of amides is 1. The number of hydrogen-bond donors (Lipinski definition) is 2. The summed E-state index contributed by atoms with van der Waals surface area (Å²) in [6.07, 6.45) is 0. The highest BCUT2D eigenvalue weighted by Crippen LogP contribution is 2.30. The van der Waals surface area contributed by atoms with Crippen molar-refractivity contribution in [1.82, 2.24) is 10.2 Å². The van der Waals surface area contributed by atoms with Gasteiger partial charge in [0, 0.05) is 22.6 Å².